The molecule has 1 amide bonds. The number of halogens is 2. The Hall–Kier alpha value is -4.58. The van der Waals surface area contributed by atoms with Crippen molar-refractivity contribution in [2.45, 2.75) is 0 Å². The van der Waals surface area contributed by atoms with E-state index in [9.17, 15) is 4.79 Å². The number of likely N-dealkylation sites (N-methyl/N-ethyl adjacent to an activating group) is 1. The summed E-state index contributed by atoms with van der Waals surface area (Å²) in [6, 6.07) is 8.82. The number of rotatable bonds is 11. The molecule has 0 fully saturated rings. The summed E-state index contributed by atoms with van der Waals surface area (Å²) in [7, 11) is 6.97. The number of aromatic nitrogens is 4. The Morgan fingerprint density at radius 3 is 2.47 bits per heavy atom. The number of ether oxygens (including phenoxy) is 3. The van der Waals surface area contributed by atoms with E-state index in [1.807, 2.05) is 29.5 Å². The highest BCUT2D eigenvalue weighted by molar-refractivity contribution is 6.41. The fourth-order valence-electron chi connectivity index (χ4n) is 4.41. The number of carbonyl (C=O) groups is 1. The molecular weight excluding hydrogens is 593 g/mol. The van der Waals surface area contributed by atoms with Gasteiger partial charge in [-0.15, -0.1) is 0 Å². The van der Waals surface area contributed by atoms with Gasteiger partial charge in [-0.1, -0.05) is 29.8 Å². The summed E-state index contributed by atoms with van der Waals surface area (Å²) in [6.07, 6.45) is 6.31. The van der Waals surface area contributed by atoms with E-state index in [2.05, 4.69) is 27.2 Å². The molecule has 0 atom stereocenters. The van der Waals surface area contributed by atoms with Gasteiger partial charge in [-0.3, -0.25) is 9.20 Å². The lowest BCUT2D eigenvalue weighted by Gasteiger charge is -2.17. The van der Waals surface area contributed by atoms with Gasteiger partial charge in [0, 0.05) is 53.8 Å². The van der Waals surface area contributed by atoms with Gasteiger partial charge in [-0.25, -0.2) is 9.97 Å². The van der Waals surface area contributed by atoms with Crippen LogP contribution in [0.5, 0.6) is 17.2 Å². The topological polar surface area (TPSA) is 115 Å². The zero-order chi connectivity index (χ0) is 30.7. The summed E-state index contributed by atoms with van der Waals surface area (Å²) in [5.74, 6) is 1.35. The number of imidazole rings is 1. The molecule has 2 aromatic carbocycles. The van der Waals surface area contributed by atoms with Gasteiger partial charge in [0.25, 0.3) is 0 Å². The smallest absolute Gasteiger partial charge is 0.247 e. The Morgan fingerprint density at radius 2 is 1.79 bits per heavy atom. The highest BCUT2D eigenvalue weighted by atomic mass is 35.5. The molecule has 3 aromatic heterocycles. The largest absolute Gasteiger partial charge is 0.495 e. The Kier molecular flexibility index (Phi) is 8.86. The predicted octanol–water partition coefficient (Wildman–Crippen LogP) is 6.08. The number of methoxy groups -OCH3 is 2. The van der Waals surface area contributed by atoms with Crippen molar-refractivity contribution in [1.29, 1.82) is 0 Å². The monoisotopic (exact) mass is 621 g/mol. The number of pyridine rings is 1. The quantitative estimate of drug-likeness (QED) is 0.169. The molecule has 222 valence electrons. The van der Waals surface area contributed by atoms with E-state index in [-0.39, 0.29) is 5.91 Å². The fourth-order valence-corrected chi connectivity index (χ4v) is 5.12. The van der Waals surface area contributed by atoms with Crippen molar-refractivity contribution in [2.75, 3.05) is 52.1 Å². The molecule has 43 heavy (non-hydrogen) atoms. The lowest BCUT2D eigenvalue weighted by atomic mass is 10.0. The van der Waals surface area contributed by atoms with Crippen molar-refractivity contribution < 1.29 is 19.0 Å². The first-order valence-electron chi connectivity index (χ1n) is 13.1. The Balaban J connectivity index is 1.56. The zero-order valence-corrected chi connectivity index (χ0v) is 25.5. The lowest BCUT2D eigenvalue weighted by Crippen LogP contribution is -2.19. The number of amides is 1. The third-order valence-corrected chi connectivity index (χ3v) is 7.29. The van der Waals surface area contributed by atoms with Gasteiger partial charge in [0.15, 0.2) is 5.65 Å². The van der Waals surface area contributed by atoms with Crippen molar-refractivity contribution in [3.63, 3.8) is 0 Å². The van der Waals surface area contributed by atoms with Crippen molar-refractivity contribution in [1.82, 2.24) is 24.3 Å². The molecule has 11 nitrogen and oxygen atoms in total. The van der Waals surface area contributed by atoms with Crippen LogP contribution in [0.2, 0.25) is 10.0 Å². The first-order valence-corrected chi connectivity index (χ1v) is 13.8. The second-order valence-electron chi connectivity index (χ2n) is 9.61. The van der Waals surface area contributed by atoms with Crippen molar-refractivity contribution in [3.05, 3.63) is 71.6 Å². The third kappa shape index (κ3) is 6.14. The molecule has 13 heteroatoms. The minimum Gasteiger partial charge on any atom is -0.495 e. The van der Waals surface area contributed by atoms with E-state index in [4.69, 9.17) is 42.4 Å². The van der Waals surface area contributed by atoms with Crippen LogP contribution in [-0.4, -0.2) is 71.6 Å². The van der Waals surface area contributed by atoms with Crippen molar-refractivity contribution >= 4 is 63.1 Å². The molecule has 0 aliphatic heterocycles. The van der Waals surface area contributed by atoms with Crippen molar-refractivity contribution in [3.8, 4) is 28.4 Å². The number of nitrogens with one attached hydrogen (secondary N) is 2. The maximum Gasteiger partial charge on any atom is 0.247 e. The molecule has 5 aromatic rings. The van der Waals surface area contributed by atoms with Crippen LogP contribution in [0.4, 0.5) is 17.3 Å². The molecule has 0 saturated carbocycles. The SMILES string of the molecule is C=CC(=O)Nc1cc(OCCN(C)C)ccc1Nc1ncc2cc(-c3c(Cl)c(OC)cc(OC)c3Cl)c3nccn3c2n1. The van der Waals surface area contributed by atoms with Crippen LogP contribution in [-0.2, 0) is 4.79 Å². The average Bonchev–Trinajstić information content (AvgIpc) is 3.49. The molecule has 0 spiro atoms. The van der Waals surface area contributed by atoms with E-state index >= 15 is 0 Å². The summed E-state index contributed by atoms with van der Waals surface area (Å²) < 4.78 is 18.6. The average molecular weight is 623 g/mol. The normalized spacial score (nSPS) is 11.1. The molecule has 0 aliphatic rings. The summed E-state index contributed by atoms with van der Waals surface area (Å²) in [4.78, 5) is 28.1. The molecule has 5 rings (SSSR count). The predicted molar refractivity (Wildman–Crippen MR) is 169 cm³/mol. The van der Waals surface area contributed by atoms with Crippen LogP contribution >= 0.6 is 23.2 Å². The minimum absolute atomic E-state index is 0.296. The van der Waals surface area contributed by atoms with Crippen LogP contribution in [0.25, 0.3) is 27.8 Å². The molecule has 0 saturated heterocycles. The standard InChI is InChI=1S/C30H29Cl2N7O4/c1-6-24(40)35-21-14-18(43-12-11-38(2)3)7-8-20(21)36-30-34-16-17-13-19(29-33-9-10-39(29)28(17)37-30)25-26(31)22(41-4)15-23(42-5)27(25)32/h6-10,13-16H,1,11-12H2,2-5H3,(H,35,40)(H,34,36,37). The molecular formula is C30H29Cl2N7O4. The second kappa shape index (κ2) is 12.7. The molecule has 0 radical (unpaired) electrons. The van der Waals surface area contributed by atoms with Crippen LogP contribution in [0.15, 0.2) is 61.6 Å². The highest BCUT2D eigenvalue weighted by Crippen LogP contribution is 2.47. The van der Waals surface area contributed by atoms with Gasteiger partial charge >= 0.3 is 0 Å². The number of nitrogens with zero attached hydrogens (tertiary/aromatic N) is 5. The van der Waals surface area contributed by atoms with Crippen LogP contribution in [0.1, 0.15) is 0 Å². The van der Waals surface area contributed by atoms with Gasteiger partial charge in [-0.2, -0.15) is 4.98 Å². The number of fused-ring (bicyclic) bond motifs is 3. The zero-order valence-electron chi connectivity index (χ0n) is 23.9. The third-order valence-electron chi connectivity index (χ3n) is 6.54. The van der Waals surface area contributed by atoms with Gasteiger partial charge in [0.05, 0.1) is 35.6 Å². The second-order valence-corrected chi connectivity index (χ2v) is 10.4. The van der Waals surface area contributed by atoms with Gasteiger partial charge < -0.3 is 29.7 Å². The van der Waals surface area contributed by atoms with E-state index in [0.29, 0.717) is 79.0 Å². The maximum atomic E-state index is 12.2. The minimum atomic E-state index is -0.368. The number of hydrogen-bond donors (Lipinski definition) is 2. The summed E-state index contributed by atoms with van der Waals surface area (Å²) in [5.41, 5.74) is 3.35. The van der Waals surface area contributed by atoms with Gasteiger partial charge in [0.2, 0.25) is 11.9 Å². The van der Waals surface area contributed by atoms with Crippen LogP contribution in [0.3, 0.4) is 0 Å². The first kappa shape index (κ1) is 29.9. The Labute approximate surface area is 258 Å². The maximum absolute atomic E-state index is 12.2. The van der Waals surface area contributed by atoms with Crippen LogP contribution in [0, 0.1) is 0 Å². The molecule has 0 unspecified atom stereocenters. The summed E-state index contributed by atoms with van der Waals surface area (Å²) in [6.45, 7) is 4.78. The lowest BCUT2D eigenvalue weighted by molar-refractivity contribution is -0.111. The van der Waals surface area contributed by atoms with Crippen LogP contribution < -0.4 is 24.8 Å². The van der Waals surface area contributed by atoms with Gasteiger partial charge in [-0.05, 0) is 38.4 Å². The summed E-state index contributed by atoms with van der Waals surface area (Å²) >= 11 is 13.5. The molecule has 3 heterocycles. The molecule has 0 bridgehead atoms. The first-order chi connectivity index (χ1) is 20.7. The highest BCUT2D eigenvalue weighted by Gasteiger charge is 2.22. The summed E-state index contributed by atoms with van der Waals surface area (Å²) in [5, 5.41) is 7.35. The van der Waals surface area contributed by atoms with E-state index in [1.54, 1.807) is 42.9 Å². The van der Waals surface area contributed by atoms with E-state index < -0.39 is 0 Å². The number of hydrogen-bond acceptors (Lipinski definition) is 9. The van der Waals surface area contributed by atoms with E-state index in [0.717, 1.165) is 6.54 Å². The van der Waals surface area contributed by atoms with E-state index in [1.165, 1.54) is 20.3 Å². The molecule has 2 N–H and O–H groups in total. The Morgan fingerprint density at radius 1 is 1.05 bits per heavy atom. The fraction of sp³-hybridized carbons (Fsp3) is 0.200. The van der Waals surface area contributed by atoms with Gasteiger partial charge in [0.1, 0.15) is 29.5 Å². The number of carbonyl (C=O) groups excluding carboxylic acids is 1. The molecule has 0 aliphatic carbocycles. The Bertz CT molecular complexity index is 1810. The van der Waals surface area contributed by atoms with Crippen molar-refractivity contribution in [2.24, 2.45) is 0 Å². The number of anilines is 3. The number of benzene rings is 2.